The Kier molecular flexibility index (Phi) is 5.02. The minimum atomic E-state index is -0.501. The van der Waals surface area contributed by atoms with E-state index in [1.165, 1.54) is 4.88 Å². The lowest BCUT2D eigenvalue weighted by molar-refractivity contribution is -0.138. The molecule has 2 aromatic rings. The molecule has 2 rings (SSSR count). The molecule has 0 aliphatic heterocycles. The van der Waals surface area contributed by atoms with Crippen LogP contribution in [0.5, 0.6) is 5.75 Å². The number of amides is 1. The Bertz CT molecular complexity index is 595. The molecule has 1 aromatic carbocycles. The molecule has 0 spiro atoms. The van der Waals surface area contributed by atoms with Gasteiger partial charge in [0.2, 0.25) is 0 Å². The van der Waals surface area contributed by atoms with E-state index in [0.29, 0.717) is 0 Å². The maximum Gasteiger partial charge on any atom is 0.263 e. The number of ether oxygens (including phenoxy) is 1. The number of benzene rings is 1. The summed E-state index contributed by atoms with van der Waals surface area (Å²) in [5, 5.41) is 2.02. The minimum Gasteiger partial charge on any atom is -0.481 e. The standard InChI is InChI=1S/C17H21NO2S/c1-12-7-5-8-15(11-12)20-14(3)17(19)18(4)13(2)16-9-6-10-21-16/h5-11,13-14H,1-4H3. The molecule has 112 valence electrons. The third-order valence-corrected chi connectivity index (χ3v) is 4.58. The first-order valence-corrected chi connectivity index (χ1v) is 7.90. The molecule has 0 aliphatic carbocycles. The van der Waals surface area contributed by atoms with Crippen LogP contribution in [0.15, 0.2) is 41.8 Å². The number of hydrogen-bond donors (Lipinski definition) is 0. The van der Waals surface area contributed by atoms with Crippen molar-refractivity contribution in [2.45, 2.75) is 32.9 Å². The molecule has 0 fully saturated rings. The average molecular weight is 303 g/mol. The predicted molar refractivity (Wildman–Crippen MR) is 86.8 cm³/mol. The van der Waals surface area contributed by atoms with Gasteiger partial charge < -0.3 is 9.64 Å². The van der Waals surface area contributed by atoms with Crippen molar-refractivity contribution in [1.29, 1.82) is 0 Å². The van der Waals surface area contributed by atoms with Gasteiger partial charge in [-0.2, -0.15) is 0 Å². The lowest BCUT2D eigenvalue weighted by atomic mass is 10.2. The van der Waals surface area contributed by atoms with Gasteiger partial charge in [-0.3, -0.25) is 4.79 Å². The van der Waals surface area contributed by atoms with Crippen LogP contribution in [-0.4, -0.2) is 24.0 Å². The largest absolute Gasteiger partial charge is 0.481 e. The Morgan fingerprint density at radius 2 is 2.00 bits per heavy atom. The minimum absolute atomic E-state index is 0.0163. The van der Waals surface area contributed by atoms with Gasteiger partial charge in [-0.1, -0.05) is 18.2 Å². The van der Waals surface area contributed by atoms with Crippen LogP contribution in [0.3, 0.4) is 0 Å². The molecule has 0 saturated heterocycles. The van der Waals surface area contributed by atoms with E-state index in [0.717, 1.165) is 11.3 Å². The van der Waals surface area contributed by atoms with Crippen LogP contribution in [-0.2, 0) is 4.79 Å². The molecule has 3 nitrogen and oxygen atoms in total. The highest BCUT2D eigenvalue weighted by Crippen LogP contribution is 2.24. The number of aryl methyl sites for hydroxylation is 1. The lowest BCUT2D eigenvalue weighted by Crippen LogP contribution is -2.39. The molecule has 2 unspecified atom stereocenters. The Morgan fingerprint density at radius 3 is 2.62 bits per heavy atom. The monoisotopic (exact) mass is 303 g/mol. The van der Waals surface area contributed by atoms with Crippen LogP contribution in [0.1, 0.15) is 30.3 Å². The molecule has 2 atom stereocenters. The molecular weight excluding hydrogens is 282 g/mol. The van der Waals surface area contributed by atoms with Crippen molar-refractivity contribution >= 4 is 17.2 Å². The summed E-state index contributed by atoms with van der Waals surface area (Å²) >= 11 is 1.66. The molecule has 4 heteroatoms. The van der Waals surface area contributed by atoms with Gasteiger partial charge in [0.05, 0.1) is 6.04 Å². The van der Waals surface area contributed by atoms with E-state index < -0.39 is 6.10 Å². The maximum atomic E-state index is 12.5. The van der Waals surface area contributed by atoms with Crippen LogP contribution in [0.25, 0.3) is 0 Å². The van der Waals surface area contributed by atoms with Gasteiger partial charge in [-0.05, 0) is 49.9 Å². The van der Waals surface area contributed by atoms with Gasteiger partial charge >= 0.3 is 0 Å². The van der Waals surface area contributed by atoms with Gasteiger partial charge in [0.1, 0.15) is 5.75 Å². The smallest absolute Gasteiger partial charge is 0.263 e. The summed E-state index contributed by atoms with van der Waals surface area (Å²) in [6.45, 7) is 5.83. The highest BCUT2D eigenvalue weighted by Gasteiger charge is 2.24. The van der Waals surface area contributed by atoms with Crippen LogP contribution in [0.2, 0.25) is 0 Å². The second kappa shape index (κ2) is 6.76. The fourth-order valence-electron chi connectivity index (χ4n) is 2.14. The molecule has 1 aromatic heterocycles. The molecule has 0 radical (unpaired) electrons. The molecule has 0 bridgehead atoms. The predicted octanol–water partition coefficient (Wildman–Crippen LogP) is 4.04. The molecule has 0 N–H and O–H groups in total. The Labute approximate surface area is 130 Å². The number of carbonyl (C=O) groups excluding carboxylic acids is 1. The van der Waals surface area contributed by atoms with E-state index in [-0.39, 0.29) is 11.9 Å². The van der Waals surface area contributed by atoms with Crippen LogP contribution < -0.4 is 4.74 Å². The number of nitrogens with zero attached hydrogens (tertiary/aromatic N) is 1. The highest BCUT2D eigenvalue weighted by atomic mass is 32.1. The van der Waals surface area contributed by atoms with Crippen molar-refractivity contribution in [2.24, 2.45) is 0 Å². The zero-order chi connectivity index (χ0) is 15.4. The van der Waals surface area contributed by atoms with Crippen molar-refractivity contribution in [3.8, 4) is 5.75 Å². The second-order valence-electron chi connectivity index (χ2n) is 5.22. The number of thiophene rings is 1. The van der Waals surface area contributed by atoms with Gasteiger partial charge in [-0.25, -0.2) is 0 Å². The van der Waals surface area contributed by atoms with Crippen molar-refractivity contribution in [1.82, 2.24) is 4.90 Å². The SMILES string of the molecule is Cc1cccc(OC(C)C(=O)N(C)C(C)c2cccs2)c1. The van der Waals surface area contributed by atoms with Gasteiger partial charge in [-0.15, -0.1) is 11.3 Å². The maximum absolute atomic E-state index is 12.5. The zero-order valence-electron chi connectivity index (χ0n) is 12.9. The first-order chi connectivity index (χ1) is 9.99. The fourth-order valence-corrected chi connectivity index (χ4v) is 2.97. The van der Waals surface area contributed by atoms with Gasteiger partial charge in [0, 0.05) is 11.9 Å². The summed E-state index contributed by atoms with van der Waals surface area (Å²) in [7, 11) is 1.82. The number of rotatable bonds is 5. The summed E-state index contributed by atoms with van der Waals surface area (Å²) in [6.07, 6.45) is -0.501. The third-order valence-electron chi connectivity index (χ3n) is 3.53. The van der Waals surface area contributed by atoms with Crippen molar-refractivity contribution in [2.75, 3.05) is 7.05 Å². The Hall–Kier alpha value is -1.81. The fraction of sp³-hybridized carbons (Fsp3) is 0.353. The molecule has 0 aliphatic rings. The van der Waals surface area contributed by atoms with E-state index >= 15 is 0 Å². The van der Waals surface area contributed by atoms with E-state index in [2.05, 4.69) is 0 Å². The van der Waals surface area contributed by atoms with Crippen molar-refractivity contribution < 1.29 is 9.53 Å². The molecular formula is C17H21NO2S. The normalized spacial score (nSPS) is 13.5. The Morgan fingerprint density at radius 1 is 1.24 bits per heavy atom. The van der Waals surface area contributed by atoms with Crippen molar-refractivity contribution in [3.05, 3.63) is 52.2 Å². The first kappa shape index (κ1) is 15.6. The summed E-state index contributed by atoms with van der Waals surface area (Å²) < 4.78 is 5.76. The van der Waals surface area contributed by atoms with Gasteiger partial charge in [0.15, 0.2) is 6.10 Å². The quantitative estimate of drug-likeness (QED) is 0.834. The molecule has 21 heavy (non-hydrogen) atoms. The molecule has 1 heterocycles. The van der Waals surface area contributed by atoms with Crippen LogP contribution in [0, 0.1) is 6.92 Å². The van der Waals surface area contributed by atoms with Crippen molar-refractivity contribution in [3.63, 3.8) is 0 Å². The first-order valence-electron chi connectivity index (χ1n) is 7.02. The molecule has 0 saturated carbocycles. The number of hydrogen-bond acceptors (Lipinski definition) is 3. The van der Waals surface area contributed by atoms with Crippen LogP contribution >= 0.6 is 11.3 Å². The van der Waals surface area contributed by atoms with Crippen LogP contribution in [0.4, 0.5) is 0 Å². The van der Waals surface area contributed by atoms with E-state index in [9.17, 15) is 4.79 Å². The average Bonchev–Trinajstić information content (AvgIpc) is 2.99. The number of likely N-dealkylation sites (N-methyl/N-ethyl adjacent to an activating group) is 1. The summed E-state index contributed by atoms with van der Waals surface area (Å²) in [6, 6.07) is 11.9. The second-order valence-corrected chi connectivity index (χ2v) is 6.20. The third kappa shape index (κ3) is 3.85. The summed E-state index contributed by atoms with van der Waals surface area (Å²) in [5.41, 5.74) is 1.12. The van der Waals surface area contributed by atoms with Gasteiger partial charge in [0.25, 0.3) is 5.91 Å². The topological polar surface area (TPSA) is 29.5 Å². The summed E-state index contributed by atoms with van der Waals surface area (Å²) in [5.74, 6) is 0.713. The summed E-state index contributed by atoms with van der Waals surface area (Å²) in [4.78, 5) is 15.4. The Balaban J connectivity index is 2.01. The highest BCUT2D eigenvalue weighted by molar-refractivity contribution is 7.10. The number of carbonyl (C=O) groups is 1. The molecule has 1 amide bonds. The lowest BCUT2D eigenvalue weighted by Gasteiger charge is -2.27. The zero-order valence-corrected chi connectivity index (χ0v) is 13.7. The van der Waals surface area contributed by atoms with E-state index in [1.54, 1.807) is 23.2 Å². The van der Waals surface area contributed by atoms with E-state index in [1.807, 2.05) is 62.7 Å². The van der Waals surface area contributed by atoms with E-state index in [4.69, 9.17) is 4.74 Å².